The lowest BCUT2D eigenvalue weighted by molar-refractivity contribution is -0.274. The van der Waals surface area contributed by atoms with Crippen LogP contribution in [-0.2, 0) is 0 Å². The van der Waals surface area contributed by atoms with Gasteiger partial charge in [-0.05, 0) is 28.7 Å². The van der Waals surface area contributed by atoms with E-state index in [1.807, 2.05) is 32.0 Å². The van der Waals surface area contributed by atoms with E-state index < -0.39 is 12.1 Å². The normalized spacial score (nSPS) is 11.5. The van der Waals surface area contributed by atoms with Crippen LogP contribution in [0.1, 0.15) is 35.7 Å². The first-order chi connectivity index (χ1) is 10.3. The summed E-state index contributed by atoms with van der Waals surface area (Å²) in [6.45, 7) is 4.03. The van der Waals surface area contributed by atoms with Gasteiger partial charge < -0.3 is 4.74 Å². The molecule has 2 nitrogen and oxygen atoms in total. The molecule has 0 aliphatic heterocycles. The highest BCUT2D eigenvalue weighted by atomic mass is 19.4. The first kappa shape index (κ1) is 16.1. The lowest BCUT2D eigenvalue weighted by Gasteiger charge is -2.14. The van der Waals surface area contributed by atoms with E-state index in [2.05, 4.69) is 4.74 Å². The molecule has 2 aromatic carbocycles. The Morgan fingerprint density at radius 2 is 1.77 bits per heavy atom. The minimum absolute atomic E-state index is 0.110. The summed E-state index contributed by atoms with van der Waals surface area (Å²) < 4.78 is 41.2. The van der Waals surface area contributed by atoms with Crippen LogP contribution in [0.4, 0.5) is 13.2 Å². The molecule has 0 fully saturated rings. The predicted molar refractivity (Wildman–Crippen MR) is 78.0 cm³/mol. The third-order valence-corrected chi connectivity index (χ3v) is 3.27. The van der Waals surface area contributed by atoms with Crippen molar-refractivity contribution in [1.82, 2.24) is 0 Å². The Morgan fingerprint density at radius 1 is 1.09 bits per heavy atom. The maximum absolute atomic E-state index is 12.4. The summed E-state index contributed by atoms with van der Waals surface area (Å²) in [5, 5.41) is 0. The van der Waals surface area contributed by atoms with E-state index in [9.17, 15) is 18.0 Å². The summed E-state index contributed by atoms with van der Waals surface area (Å²) in [6, 6.07) is 11.5. The van der Waals surface area contributed by atoms with Gasteiger partial charge in [0.15, 0.2) is 6.29 Å². The Kier molecular flexibility index (Phi) is 4.54. The highest BCUT2D eigenvalue weighted by Crippen LogP contribution is 2.33. The number of carbonyl (C=O) groups excluding carboxylic acids is 1. The minimum Gasteiger partial charge on any atom is -0.405 e. The van der Waals surface area contributed by atoms with E-state index in [0.717, 1.165) is 11.6 Å². The van der Waals surface area contributed by atoms with Crippen LogP contribution < -0.4 is 4.74 Å². The Labute approximate surface area is 126 Å². The Morgan fingerprint density at radius 3 is 2.36 bits per heavy atom. The third-order valence-electron chi connectivity index (χ3n) is 3.27. The molecule has 0 heterocycles. The number of alkyl halides is 3. The van der Waals surface area contributed by atoms with Gasteiger partial charge in [0, 0.05) is 0 Å². The van der Waals surface area contributed by atoms with Gasteiger partial charge in [0.2, 0.25) is 0 Å². The fourth-order valence-corrected chi connectivity index (χ4v) is 2.20. The van der Waals surface area contributed by atoms with Crippen LogP contribution in [0.25, 0.3) is 11.1 Å². The third kappa shape index (κ3) is 3.67. The van der Waals surface area contributed by atoms with Crippen molar-refractivity contribution in [3.63, 3.8) is 0 Å². The van der Waals surface area contributed by atoms with Crippen LogP contribution in [0.2, 0.25) is 0 Å². The molecule has 5 heteroatoms. The van der Waals surface area contributed by atoms with Crippen molar-refractivity contribution < 1.29 is 22.7 Å². The number of ether oxygens (including phenoxy) is 1. The van der Waals surface area contributed by atoms with Gasteiger partial charge in [0.25, 0.3) is 0 Å². The molecule has 2 rings (SSSR count). The summed E-state index contributed by atoms with van der Waals surface area (Å²) in [5.74, 6) is -0.218. The fourth-order valence-electron chi connectivity index (χ4n) is 2.20. The van der Waals surface area contributed by atoms with Gasteiger partial charge in [-0.25, -0.2) is 0 Å². The summed E-state index contributed by atoms with van der Waals surface area (Å²) in [5.41, 5.74) is 2.03. The van der Waals surface area contributed by atoms with Gasteiger partial charge in [0.1, 0.15) is 5.75 Å². The second kappa shape index (κ2) is 6.22. The van der Waals surface area contributed by atoms with Gasteiger partial charge in [-0.3, -0.25) is 4.79 Å². The van der Waals surface area contributed by atoms with Crippen molar-refractivity contribution in [2.24, 2.45) is 0 Å². The first-order valence-corrected chi connectivity index (χ1v) is 6.76. The second-order valence-electron chi connectivity index (χ2n) is 5.16. The quantitative estimate of drug-likeness (QED) is 0.727. The van der Waals surface area contributed by atoms with Gasteiger partial charge >= 0.3 is 6.36 Å². The van der Waals surface area contributed by atoms with Crippen LogP contribution >= 0.6 is 0 Å². The Hall–Kier alpha value is -2.30. The summed E-state index contributed by atoms with van der Waals surface area (Å²) in [7, 11) is 0. The zero-order valence-corrected chi connectivity index (χ0v) is 12.1. The van der Waals surface area contributed by atoms with Crippen LogP contribution in [0, 0.1) is 0 Å². The molecule has 22 heavy (non-hydrogen) atoms. The molecule has 116 valence electrons. The smallest absolute Gasteiger partial charge is 0.405 e. The second-order valence-corrected chi connectivity index (χ2v) is 5.16. The molecule has 0 amide bonds. The molecular weight excluding hydrogens is 293 g/mol. The maximum atomic E-state index is 12.4. The molecule has 0 saturated carbocycles. The number of hydrogen-bond acceptors (Lipinski definition) is 2. The van der Waals surface area contributed by atoms with Crippen molar-refractivity contribution in [3.8, 4) is 16.9 Å². The number of carbonyl (C=O) groups is 1. The monoisotopic (exact) mass is 308 g/mol. The largest absolute Gasteiger partial charge is 0.573 e. The molecule has 0 radical (unpaired) electrons. The zero-order valence-electron chi connectivity index (χ0n) is 12.1. The lowest BCUT2D eigenvalue weighted by atomic mass is 9.95. The van der Waals surface area contributed by atoms with Crippen LogP contribution in [-0.4, -0.2) is 12.6 Å². The number of rotatable bonds is 4. The molecular formula is C17H15F3O2. The minimum atomic E-state index is -4.84. The van der Waals surface area contributed by atoms with E-state index in [-0.39, 0.29) is 11.5 Å². The summed E-state index contributed by atoms with van der Waals surface area (Å²) >= 11 is 0. The van der Waals surface area contributed by atoms with Gasteiger partial charge in [0.05, 0.1) is 5.56 Å². The predicted octanol–water partition coefficient (Wildman–Crippen LogP) is 5.19. The highest BCUT2D eigenvalue weighted by Gasteiger charge is 2.32. The van der Waals surface area contributed by atoms with Crippen molar-refractivity contribution >= 4 is 6.29 Å². The molecule has 0 N–H and O–H groups in total. The average Bonchev–Trinajstić information content (AvgIpc) is 2.45. The summed E-state index contributed by atoms with van der Waals surface area (Å²) in [4.78, 5) is 11.3. The Bertz CT molecular complexity index is 676. The van der Waals surface area contributed by atoms with E-state index in [1.54, 1.807) is 12.1 Å². The molecule has 0 atom stereocenters. The standard InChI is InChI=1S/C17H15F3O2/c1-11(2)12-5-3-6-13(9-12)14-7-4-8-16(15(14)10-21)22-17(18,19)20/h3-11H,1-2H3. The molecule has 0 aliphatic rings. The fraction of sp³-hybridized carbons (Fsp3) is 0.235. The lowest BCUT2D eigenvalue weighted by Crippen LogP contribution is -2.18. The van der Waals surface area contributed by atoms with Crippen molar-refractivity contribution in [1.29, 1.82) is 0 Å². The van der Waals surface area contributed by atoms with E-state index in [4.69, 9.17) is 0 Å². The molecule has 0 bridgehead atoms. The van der Waals surface area contributed by atoms with Gasteiger partial charge in [-0.2, -0.15) is 0 Å². The maximum Gasteiger partial charge on any atom is 0.573 e. The van der Waals surface area contributed by atoms with Crippen molar-refractivity contribution in [2.75, 3.05) is 0 Å². The van der Waals surface area contributed by atoms with E-state index in [1.165, 1.54) is 6.07 Å². The van der Waals surface area contributed by atoms with Crippen molar-refractivity contribution in [3.05, 3.63) is 53.6 Å². The molecule has 0 spiro atoms. The van der Waals surface area contributed by atoms with Crippen LogP contribution in [0.15, 0.2) is 42.5 Å². The van der Waals surface area contributed by atoms with Crippen LogP contribution in [0.5, 0.6) is 5.75 Å². The SMILES string of the molecule is CC(C)c1cccc(-c2cccc(OC(F)(F)F)c2C=O)c1. The zero-order chi connectivity index (χ0) is 16.3. The molecule has 2 aromatic rings. The number of aldehydes is 1. The number of benzene rings is 2. The molecule has 0 aliphatic carbocycles. The Balaban J connectivity index is 2.54. The van der Waals surface area contributed by atoms with Crippen LogP contribution in [0.3, 0.4) is 0 Å². The van der Waals surface area contributed by atoms with E-state index >= 15 is 0 Å². The first-order valence-electron chi connectivity index (χ1n) is 6.76. The summed E-state index contributed by atoms with van der Waals surface area (Å²) in [6.07, 6.45) is -4.45. The number of hydrogen-bond donors (Lipinski definition) is 0. The van der Waals surface area contributed by atoms with Crippen molar-refractivity contribution in [2.45, 2.75) is 26.1 Å². The van der Waals surface area contributed by atoms with E-state index in [0.29, 0.717) is 17.4 Å². The average molecular weight is 308 g/mol. The topological polar surface area (TPSA) is 26.3 Å². The number of halogens is 3. The van der Waals surface area contributed by atoms with Gasteiger partial charge in [-0.15, -0.1) is 13.2 Å². The highest BCUT2D eigenvalue weighted by molar-refractivity contribution is 5.91. The molecule has 0 unspecified atom stereocenters. The van der Waals surface area contributed by atoms with Gasteiger partial charge in [-0.1, -0.05) is 50.2 Å². The molecule has 0 aromatic heterocycles. The molecule has 0 saturated heterocycles.